The summed E-state index contributed by atoms with van der Waals surface area (Å²) in [6.45, 7) is 2.71. The largest absolute Gasteiger partial charge is 0.493 e. The molecule has 1 aromatic heterocycles. The number of benzene rings is 2. The maximum absolute atomic E-state index is 5.96. The van der Waals surface area contributed by atoms with Crippen molar-refractivity contribution in [3.63, 3.8) is 0 Å². The number of ether oxygens (including phenoxy) is 1. The maximum atomic E-state index is 5.96. The van der Waals surface area contributed by atoms with Gasteiger partial charge in [0.25, 0.3) is 0 Å². The first-order chi connectivity index (χ1) is 10.3. The molecular weight excluding hydrogens is 260 g/mol. The van der Waals surface area contributed by atoms with Crippen LogP contribution in [0.25, 0.3) is 10.8 Å². The monoisotopic (exact) mass is 278 g/mol. The van der Waals surface area contributed by atoms with Gasteiger partial charge in [0.05, 0.1) is 18.5 Å². The number of anilines is 1. The number of rotatable bonds is 4. The van der Waals surface area contributed by atoms with Crippen molar-refractivity contribution in [1.82, 2.24) is 4.98 Å². The molecule has 0 fully saturated rings. The predicted octanol–water partition coefficient (Wildman–Crippen LogP) is 3.75. The fraction of sp³-hybridized carbons (Fsp3) is 0.167. The van der Waals surface area contributed by atoms with Gasteiger partial charge in [-0.3, -0.25) is 4.98 Å². The van der Waals surface area contributed by atoms with Crippen molar-refractivity contribution >= 4 is 16.5 Å². The summed E-state index contributed by atoms with van der Waals surface area (Å²) < 4.78 is 5.96. The van der Waals surface area contributed by atoms with Gasteiger partial charge in [0.1, 0.15) is 5.75 Å². The first kappa shape index (κ1) is 13.4. The standard InChI is InChI=1S/C18H18N2O/c1-13-6-7-18(16-5-3-2-4-15(13)16)21-11-9-14-8-10-20-12-17(14)19/h2-8,10,12H,9,11,19H2,1H3. The third-order valence-electron chi connectivity index (χ3n) is 3.68. The van der Waals surface area contributed by atoms with Crippen molar-refractivity contribution in [3.8, 4) is 5.75 Å². The number of hydrogen-bond donors (Lipinski definition) is 1. The van der Waals surface area contributed by atoms with E-state index in [9.17, 15) is 0 Å². The van der Waals surface area contributed by atoms with Crippen molar-refractivity contribution in [2.75, 3.05) is 12.3 Å². The van der Waals surface area contributed by atoms with E-state index < -0.39 is 0 Å². The molecule has 0 amide bonds. The highest BCUT2D eigenvalue weighted by Crippen LogP contribution is 2.28. The van der Waals surface area contributed by atoms with Gasteiger partial charge in [0.15, 0.2) is 0 Å². The minimum Gasteiger partial charge on any atom is -0.493 e. The third-order valence-corrected chi connectivity index (χ3v) is 3.68. The summed E-state index contributed by atoms with van der Waals surface area (Å²) >= 11 is 0. The Hall–Kier alpha value is -2.55. The Balaban J connectivity index is 1.77. The zero-order valence-corrected chi connectivity index (χ0v) is 12.0. The summed E-state index contributed by atoms with van der Waals surface area (Å²) in [6, 6.07) is 14.4. The van der Waals surface area contributed by atoms with Crippen molar-refractivity contribution in [3.05, 3.63) is 66.0 Å². The number of nitrogens with two attached hydrogens (primary N) is 1. The van der Waals surface area contributed by atoms with Crippen LogP contribution in [0.15, 0.2) is 54.9 Å². The van der Waals surface area contributed by atoms with Gasteiger partial charge in [-0.2, -0.15) is 0 Å². The predicted molar refractivity (Wildman–Crippen MR) is 86.5 cm³/mol. The molecule has 0 bridgehead atoms. The zero-order chi connectivity index (χ0) is 14.7. The van der Waals surface area contributed by atoms with Gasteiger partial charge in [0, 0.05) is 18.0 Å². The van der Waals surface area contributed by atoms with E-state index in [2.05, 4.69) is 36.2 Å². The lowest BCUT2D eigenvalue weighted by Crippen LogP contribution is -2.04. The average molecular weight is 278 g/mol. The molecule has 3 aromatic rings. The zero-order valence-electron chi connectivity index (χ0n) is 12.0. The number of aromatic nitrogens is 1. The lowest BCUT2D eigenvalue weighted by Gasteiger charge is -2.11. The highest BCUT2D eigenvalue weighted by atomic mass is 16.5. The van der Waals surface area contributed by atoms with Gasteiger partial charge in [-0.25, -0.2) is 0 Å². The minimum atomic E-state index is 0.598. The quantitative estimate of drug-likeness (QED) is 0.790. The molecule has 3 nitrogen and oxygen atoms in total. The molecule has 106 valence electrons. The van der Waals surface area contributed by atoms with E-state index in [0.717, 1.165) is 28.8 Å². The molecule has 0 radical (unpaired) electrons. The van der Waals surface area contributed by atoms with E-state index in [1.807, 2.05) is 18.2 Å². The molecule has 2 N–H and O–H groups in total. The average Bonchev–Trinajstić information content (AvgIpc) is 2.52. The Bertz CT molecular complexity index is 768. The van der Waals surface area contributed by atoms with Gasteiger partial charge in [-0.15, -0.1) is 0 Å². The van der Waals surface area contributed by atoms with Crippen molar-refractivity contribution in [1.29, 1.82) is 0 Å². The van der Waals surface area contributed by atoms with Crippen LogP contribution in [0, 0.1) is 6.92 Å². The van der Waals surface area contributed by atoms with Crippen molar-refractivity contribution < 1.29 is 4.74 Å². The summed E-state index contributed by atoms with van der Waals surface area (Å²) in [4.78, 5) is 4.00. The van der Waals surface area contributed by atoms with Gasteiger partial charge < -0.3 is 10.5 Å². The van der Waals surface area contributed by atoms with Gasteiger partial charge >= 0.3 is 0 Å². The summed E-state index contributed by atoms with van der Waals surface area (Å²) in [7, 11) is 0. The SMILES string of the molecule is Cc1ccc(OCCc2ccncc2N)c2ccccc12. The Morgan fingerprint density at radius 2 is 1.86 bits per heavy atom. The Morgan fingerprint density at radius 1 is 1.05 bits per heavy atom. The molecule has 3 heteroatoms. The number of fused-ring (bicyclic) bond motifs is 1. The van der Waals surface area contributed by atoms with Crippen LogP contribution in [0.1, 0.15) is 11.1 Å². The second-order valence-corrected chi connectivity index (χ2v) is 5.10. The molecule has 0 unspecified atom stereocenters. The van der Waals surface area contributed by atoms with E-state index >= 15 is 0 Å². The molecule has 3 rings (SSSR count). The number of nitrogen functional groups attached to an aromatic ring is 1. The highest BCUT2D eigenvalue weighted by molar-refractivity contribution is 5.90. The number of nitrogens with zero attached hydrogens (tertiary/aromatic N) is 1. The molecule has 0 saturated carbocycles. The lowest BCUT2D eigenvalue weighted by molar-refractivity contribution is 0.326. The second-order valence-electron chi connectivity index (χ2n) is 5.10. The summed E-state index contributed by atoms with van der Waals surface area (Å²) in [6.07, 6.45) is 4.21. The Labute approximate surface area is 124 Å². The summed E-state index contributed by atoms with van der Waals surface area (Å²) in [5, 5.41) is 2.39. The molecular formula is C18H18N2O. The van der Waals surface area contributed by atoms with Crippen LogP contribution < -0.4 is 10.5 Å². The topological polar surface area (TPSA) is 48.1 Å². The van der Waals surface area contributed by atoms with Crippen molar-refractivity contribution in [2.45, 2.75) is 13.3 Å². The maximum Gasteiger partial charge on any atom is 0.127 e. The van der Waals surface area contributed by atoms with E-state index in [0.29, 0.717) is 6.61 Å². The van der Waals surface area contributed by atoms with Gasteiger partial charge in [-0.1, -0.05) is 30.3 Å². The van der Waals surface area contributed by atoms with Crippen LogP contribution in [0.3, 0.4) is 0 Å². The number of aryl methyl sites for hydroxylation is 1. The van der Waals surface area contributed by atoms with E-state index in [1.54, 1.807) is 12.4 Å². The normalized spacial score (nSPS) is 10.7. The molecule has 0 aliphatic carbocycles. The van der Waals surface area contributed by atoms with Crippen LogP contribution in [-0.4, -0.2) is 11.6 Å². The molecule has 0 saturated heterocycles. The molecule has 2 aromatic carbocycles. The molecule has 21 heavy (non-hydrogen) atoms. The van der Waals surface area contributed by atoms with Crippen LogP contribution in [0.5, 0.6) is 5.75 Å². The molecule has 0 aliphatic heterocycles. The number of hydrogen-bond acceptors (Lipinski definition) is 3. The fourth-order valence-corrected chi connectivity index (χ4v) is 2.48. The van der Waals surface area contributed by atoms with Crippen LogP contribution in [0.4, 0.5) is 5.69 Å². The summed E-state index contributed by atoms with van der Waals surface area (Å²) in [5.41, 5.74) is 8.94. The minimum absolute atomic E-state index is 0.598. The first-order valence-corrected chi connectivity index (χ1v) is 7.05. The fourth-order valence-electron chi connectivity index (χ4n) is 2.48. The Kier molecular flexibility index (Phi) is 3.73. The van der Waals surface area contributed by atoms with E-state index in [-0.39, 0.29) is 0 Å². The van der Waals surface area contributed by atoms with Crippen LogP contribution in [-0.2, 0) is 6.42 Å². The highest BCUT2D eigenvalue weighted by Gasteiger charge is 2.05. The second kappa shape index (κ2) is 5.83. The number of pyridine rings is 1. The van der Waals surface area contributed by atoms with E-state index in [4.69, 9.17) is 10.5 Å². The summed E-state index contributed by atoms with van der Waals surface area (Å²) in [5.74, 6) is 0.920. The molecule has 1 heterocycles. The molecule has 0 atom stereocenters. The van der Waals surface area contributed by atoms with Crippen LogP contribution in [0.2, 0.25) is 0 Å². The third kappa shape index (κ3) is 2.82. The van der Waals surface area contributed by atoms with E-state index in [1.165, 1.54) is 10.9 Å². The Morgan fingerprint density at radius 3 is 2.67 bits per heavy atom. The van der Waals surface area contributed by atoms with Gasteiger partial charge in [-0.05, 0) is 35.6 Å². The van der Waals surface area contributed by atoms with Crippen molar-refractivity contribution in [2.24, 2.45) is 0 Å². The van der Waals surface area contributed by atoms with Crippen LogP contribution >= 0.6 is 0 Å². The van der Waals surface area contributed by atoms with Gasteiger partial charge in [0.2, 0.25) is 0 Å². The first-order valence-electron chi connectivity index (χ1n) is 7.05. The molecule has 0 aliphatic rings. The molecule has 0 spiro atoms. The smallest absolute Gasteiger partial charge is 0.127 e. The lowest BCUT2D eigenvalue weighted by atomic mass is 10.0.